The van der Waals surface area contributed by atoms with Crippen LogP contribution in [0.4, 0.5) is 0 Å². The zero-order valence-corrected chi connectivity index (χ0v) is 19.0. The fraction of sp³-hybridized carbons (Fsp3) is 0.231. The van der Waals surface area contributed by atoms with Crippen LogP contribution in [-0.4, -0.2) is 31.4 Å². The number of aryl methyl sites for hydroxylation is 1. The van der Waals surface area contributed by atoms with Gasteiger partial charge >= 0.3 is 0 Å². The quantitative estimate of drug-likeness (QED) is 0.410. The number of nitrogens with one attached hydrogen (secondary N) is 1. The van der Waals surface area contributed by atoms with Gasteiger partial charge in [0, 0.05) is 18.0 Å². The third kappa shape index (κ3) is 4.98. The van der Waals surface area contributed by atoms with E-state index in [0.717, 1.165) is 41.4 Å². The van der Waals surface area contributed by atoms with E-state index in [-0.39, 0.29) is 11.9 Å². The largest absolute Gasteiger partial charge is 0.349 e. The summed E-state index contributed by atoms with van der Waals surface area (Å²) in [6.45, 7) is 0.623. The lowest BCUT2D eigenvalue weighted by Crippen LogP contribution is -2.32. The van der Waals surface area contributed by atoms with Crippen LogP contribution in [0.3, 0.4) is 0 Å². The Morgan fingerprint density at radius 3 is 2.73 bits per heavy atom. The van der Waals surface area contributed by atoms with E-state index in [9.17, 15) is 4.79 Å². The normalized spacial score (nSPS) is 15.1. The number of carbonyl (C=O) groups excluding carboxylic acids is 1. The summed E-state index contributed by atoms with van der Waals surface area (Å²) in [5.74, 6) is 1.05. The molecule has 0 aliphatic heterocycles. The zero-order valence-electron chi connectivity index (χ0n) is 18.2. The Balaban J connectivity index is 1.32. The van der Waals surface area contributed by atoms with Gasteiger partial charge in [-0.2, -0.15) is 0 Å². The minimum atomic E-state index is 0.0129. The molecule has 6 nitrogen and oxygen atoms in total. The molecule has 2 aromatic heterocycles. The standard InChI is InChI=1S/C26H25N5OS/c32-24(28-23-14-6-11-20-10-4-5-13-22(20)23)18-33-26-30-29-25(21-12-7-15-27-16-21)31(26)17-19-8-2-1-3-9-19/h1-5,7-10,12-13,15-16,23H,6,11,14,17-18H2,(H,28,32). The molecule has 1 atom stereocenters. The van der Waals surface area contributed by atoms with Crippen molar-refractivity contribution in [1.82, 2.24) is 25.1 Å². The van der Waals surface area contributed by atoms with Crippen LogP contribution in [0, 0.1) is 0 Å². The lowest BCUT2D eigenvalue weighted by atomic mass is 9.88. The van der Waals surface area contributed by atoms with E-state index in [0.29, 0.717) is 12.3 Å². The number of pyridine rings is 1. The van der Waals surface area contributed by atoms with E-state index in [4.69, 9.17) is 0 Å². The van der Waals surface area contributed by atoms with E-state index in [1.165, 1.54) is 22.9 Å². The van der Waals surface area contributed by atoms with E-state index < -0.39 is 0 Å². The maximum atomic E-state index is 12.8. The summed E-state index contributed by atoms with van der Waals surface area (Å²) in [6, 6.07) is 22.5. The summed E-state index contributed by atoms with van der Waals surface area (Å²) in [7, 11) is 0. The molecule has 1 aliphatic rings. The molecule has 2 heterocycles. The highest BCUT2D eigenvalue weighted by Gasteiger charge is 2.22. The SMILES string of the molecule is O=C(CSc1nnc(-c2cccnc2)n1Cc1ccccc1)NC1CCCc2ccccc21. The van der Waals surface area contributed by atoms with Crippen molar-refractivity contribution in [2.45, 2.75) is 37.0 Å². The summed E-state index contributed by atoms with van der Waals surface area (Å²) in [5, 5.41) is 12.8. The summed E-state index contributed by atoms with van der Waals surface area (Å²) in [5.41, 5.74) is 4.63. The van der Waals surface area contributed by atoms with Crippen LogP contribution in [0.2, 0.25) is 0 Å². The highest BCUT2D eigenvalue weighted by atomic mass is 32.2. The van der Waals surface area contributed by atoms with Crippen LogP contribution in [0.25, 0.3) is 11.4 Å². The molecule has 1 unspecified atom stereocenters. The molecule has 0 radical (unpaired) electrons. The van der Waals surface area contributed by atoms with Crippen LogP contribution >= 0.6 is 11.8 Å². The number of hydrogen-bond donors (Lipinski definition) is 1. The predicted molar refractivity (Wildman–Crippen MR) is 130 cm³/mol. The second-order valence-corrected chi connectivity index (χ2v) is 9.06. The lowest BCUT2D eigenvalue weighted by Gasteiger charge is -2.26. The van der Waals surface area contributed by atoms with Crippen LogP contribution in [0.5, 0.6) is 0 Å². The van der Waals surface area contributed by atoms with Gasteiger partial charge in [0.15, 0.2) is 11.0 Å². The van der Waals surface area contributed by atoms with Crippen molar-refractivity contribution in [2.24, 2.45) is 0 Å². The Bertz CT molecular complexity index is 1230. The molecule has 0 spiro atoms. The Hall–Kier alpha value is -3.45. The van der Waals surface area contributed by atoms with Crippen molar-refractivity contribution in [3.63, 3.8) is 0 Å². The number of rotatable bonds is 7. The number of hydrogen-bond acceptors (Lipinski definition) is 5. The van der Waals surface area contributed by atoms with Gasteiger partial charge in [-0.3, -0.25) is 14.3 Å². The van der Waals surface area contributed by atoms with E-state index in [1.54, 1.807) is 12.4 Å². The van der Waals surface area contributed by atoms with Crippen LogP contribution in [-0.2, 0) is 17.8 Å². The third-order valence-corrected chi connectivity index (χ3v) is 6.82. The average molecular weight is 456 g/mol. The summed E-state index contributed by atoms with van der Waals surface area (Å²) in [4.78, 5) is 17.1. The van der Waals surface area contributed by atoms with Crippen LogP contribution < -0.4 is 5.32 Å². The fourth-order valence-electron chi connectivity index (χ4n) is 4.28. The zero-order chi connectivity index (χ0) is 22.5. The first-order valence-corrected chi connectivity index (χ1v) is 12.1. The number of amides is 1. The number of benzene rings is 2. The molecule has 0 bridgehead atoms. The molecule has 1 aliphatic carbocycles. The van der Waals surface area contributed by atoms with Crippen molar-refractivity contribution < 1.29 is 4.79 Å². The summed E-state index contributed by atoms with van der Waals surface area (Å²) < 4.78 is 2.06. The molecule has 0 fully saturated rings. The van der Waals surface area contributed by atoms with Gasteiger partial charge in [0.25, 0.3) is 0 Å². The first-order valence-electron chi connectivity index (χ1n) is 11.2. The van der Waals surface area contributed by atoms with Crippen molar-refractivity contribution in [3.8, 4) is 11.4 Å². The molecule has 5 rings (SSSR count). The number of carbonyl (C=O) groups is 1. The molecule has 2 aromatic carbocycles. The fourth-order valence-corrected chi connectivity index (χ4v) is 5.03. The molecule has 1 N–H and O–H groups in total. The minimum absolute atomic E-state index is 0.0129. The molecular formula is C26H25N5OS. The van der Waals surface area contributed by atoms with Gasteiger partial charge in [-0.15, -0.1) is 10.2 Å². The van der Waals surface area contributed by atoms with E-state index in [2.05, 4.69) is 55.4 Å². The van der Waals surface area contributed by atoms with Crippen molar-refractivity contribution in [2.75, 3.05) is 5.75 Å². The number of aromatic nitrogens is 4. The van der Waals surface area contributed by atoms with Gasteiger partial charge in [0.2, 0.25) is 5.91 Å². The molecule has 4 aromatic rings. The molecule has 33 heavy (non-hydrogen) atoms. The number of nitrogens with zero attached hydrogens (tertiary/aromatic N) is 4. The van der Waals surface area contributed by atoms with Crippen LogP contribution in [0.15, 0.2) is 84.3 Å². The minimum Gasteiger partial charge on any atom is -0.349 e. The Morgan fingerprint density at radius 2 is 1.88 bits per heavy atom. The van der Waals surface area contributed by atoms with Gasteiger partial charge in [0.05, 0.1) is 18.3 Å². The van der Waals surface area contributed by atoms with Crippen LogP contribution in [0.1, 0.15) is 35.6 Å². The molecule has 0 saturated carbocycles. The van der Waals surface area contributed by atoms with E-state index in [1.807, 2.05) is 36.4 Å². The summed E-state index contributed by atoms with van der Waals surface area (Å²) in [6.07, 6.45) is 6.67. The highest BCUT2D eigenvalue weighted by molar-refractivity contribution is 7.99. The lowest BCUT2D eigenvalue weighted by molar-refractivity contribution is -0.119. The van der Waals surface area contributed by atoms with Crippen molar-refractivity contribution in [3.05, 3.63) is 95.8 Å². The average Bonchev–Trinajstić information content (AvgIpc) is 3.26. The maximum Gasteiger partial charge on any atom is 0.230 e. The number of thioether (sulfide) groups is 1. The number of fused-ring (bicyclic) bond motifs is 1. The van der Waals surface area contributed by atoms with Gasteiger partial charge in [-0.25, -0.2) is 0 Å². The first kappa shape index (κ1) is 21.4. The Kier molecular flexibility index (Phi) is 6.48. The molecule has 0 saturated heterocycles. The predicted octanol–water partition coefficient (Wildman–Crippen LogP) is 4.67. The van der Waals surface area contributed by atoms with Gasteiger partial charge in [-0.05, 0) is 48.1 Å². The van der Waals surface area contributed by atoms with E-state index >= 15 is 0 Å². The van der Waals surface area contributed by atoms with Crippen molar-refractivity contribution >= 4 is 17.7 Å². The molecule has 7 heteroatoms. The van der Waals surface area contributed by atoms with Crippen molar-refractivity contribution in [1.29, 1.82) is 0 Å². The highest BCUT2D eigenvalue weighted by Crippen LogP contribution is 2.30. The van der Waals surface area contributed by atoms with Gasteiger partial charge in [-0.1, -0.05) is 66.4 Å². The Labute approximate surface area is 197 Å². The smallest absolute Gasteiger partial charge is 0.230 e. The topological polar surface area (TPSA) is 72.7 Å². The molecule has 166 valence electrons. The summed E-state index contributed by atoms with van der Waals surface area (Å²) >= 11 is 1.42. The Morgan fingerprint density at radius 1 is 1.03 bits per heavy atom. The second kappa shape index (κ2) is 10.0. The monoisotopic (exact) mass is 455 g/mol. The maximum absolute atomic E-state index is 12.8. The van der Waals surface area contributed by atoms with Gasteiger partial charge < -0.3 is 5.32 Å². The van der Waals surface area contributed by atoms with Gasteiger partial charge in [0.1, 0.15) is 0 Å². The second-order valence-electron chi connectivity index (χ2n) is 8.12. The molecule has 1 amide bonds. The molecular weight excluding hydrogens is 430 g/mol. The third-order valence-electron chi connectivity index (χ3n) is 5.86. The first-order chi connectivity index (χ1) is 16.3.